The zero-order valence-electron chi connectivity index (χ0n) is 24.6. The smallest absolute Gasteiger partial charge is 0.399 e. The van der Waals surface area contributed by atoms with Crippen molar-refractivity contribution in [3.8, 4) is 0 Å². The number of H-pyrrole nitrogens is 1. The Bertz CT molecular complexity index is 1650. The second kappa shape index (κ2) is 10.1. The van der Waals surface area contributed by atoms with Crippen LogP contribution in [0.3, 0.4) is 0 Å². The molecule has 1 unspecified atom stereocenters. The van der Waals surface area contributed by atoms with Crippen LogP contribution >= 0.6 is 0 Å². The van der Waals surface area contributed by atoms with Crippen LogP contribution in [0.4, 0.5) is 0 Å². The fourth-order valence-electron chi connectivity index (χ4n) is 5.63. The molecule has 2 aromatic heterocycles. The van der Waals surface area contributed by atoms with Gasteiger partial charge in [0.2, 0.25) is 0 Å². The summed E-state index contributed by atoms with van der Waals surface area (Å²) in [6, 6.07) is 18.1. The van der Waals surface area contributed by atoms with Crippen LogP contribution in [0, 0.1) is 20.8 Å². The number of aromatic nitrogens is 2. The van der Waals surface area contributed by atoms with E-state index in [2.05, 4.69) is 61.6 Å². The van der Waals surface area contributed by atoms with Crippen LogP contribution in [-0.4, -0.2) is 33.8 Å². The van der Waals surface area contributed by atoms with Gasteiger partial charge >= 0.3 is 7.12 Å². The minimum atomic E-state index is -0.450. The molecule has 1 atom stereocenters. The summed E-state index contributed by atoms with van der Waals surface area (Å²) in [5, 5.41) is 3.87. The number of fused-ring (bicyclic) bond motifs is 1. The number of aryl methyl sites for hydroxylation is 2. The maximum Gasteiger partial charge on any atom is 0.494 e. The zero-order valence-corrected chi connectivity index (χ0v) is 24.6. The van der Waals surface area contributed by atoms with E-state index in [0.717, 1.165) is 38.9 Å². The summed E-state index contributed by atoms with van der Waals surface area (Å²) in [5.74, 6) is -0.204. The Morgan fingerprint density at radius 3 is 2.35 bits per heavy atom. The van der Waals surface area contributed by atoms with Gasteiger partial charge in [-0.15, -0.1) is 0 Å². The predicted octanol–water partition coefficient (Wildman–Crippen LogP) is 5.09. The van der Waals surface area contributed by atoms with Crippen molar-refractivity contribution in [1.29, 1.82) is 0 Å². The molecule has 0 spiro atoms. The number of hydrogen-bond acceptors (Lipinski definition) is 4. The van der Waals surface area contributed by atoms with Crippen molar-refractivity contribution in [2.45, 2.75) is 79.2 Å². The molecule has 2 aromatic carbocycles. The molecule has 5 rings (SSSR count). The fraction of sp³-hybridized carbons (Fsp3) is 0.375. The number of nitrogens with one attached hydrogen (secondary N) is 2. The van der Waals surface area contributed by atoms with Gasteiger partial charge in [-0.3, -0.25) is 9.59 Å². The highest BCUT2D eigenvalue weighted by Crippen LogP contribution is 2.37. The molecule has 4 aromatic rings. The molecule has 1 amide bonds. The van der Waals surface area contributed by atoms with E-state index in [9.17, 15) is 9.59 Å². The van der Waals surface area contributed by atoms with Crippen LogP contribution < -0.4 is 16.3 Å². The molecule has 0 bridgehead atoms. The second-order valence-corrected chi connectivity index (χ2v) is 11.9. The van der Waals surface area contributed by atoms with Gasteiger partial charge in [-0.05, 0) is 84.1 Å². The van der Waals surface area contributed by atoms with Crippen molar-refractivity contribution in [2.24, 2.45) is 0 Å². The maximum atomic E-state index is 13.6. The summed E-state index contributed by atoms with van der Waals surface area (Å²) in [4.78, 5) is 28.9. The monoisotopic (exact) mass is 539 g/mol. The van der Waals surface area contributed by atoms with E-state index in [-0.39, 0.29) is 24.1 Å². The molecule has 1 aliphatic heterocycles. The van der Waals surface area contributed by atoms with Crippen molar-refractivity contribution >= 4 is 29.4 Å². The first-order valence-electron chi connectivity index (χ1n) is 13.8. The number of para-hydroxylation sites is 1. The van der Waals surface area contributed by atoms with Gasteiger partial charge in [0, 0.05) is 34.4 Å². The first-order chi connectivity index (χ1) is 18.8. The van der Waals surface area contributed by atoms with Crippen LogP contribution in [0.25, 0.3) is 10.9 Å². The van der Waals surface area contributed by atoms with Crippen LogP contribution in [0.15, 0.2) is 59.4 Å². The minimum absolute atomic E-state index is 0.0592. The van der Waals surface area contributed by atoms with E-state index in [0.29, 0.717) is 11.1 Å². The molecule has 1 saturated heterocycles. The molecule has 1 aliphatic rings. The van der Waals surface area contributed by atoms with Gasteiger partial charge in [-0.2, -0.15) is 0 Å². The lowest BCUT2D eigenvalue weighted by molar-refractivity contribution is 0.00578. The van der Waals surface area contributed by atoms with Gasteiger partial charge in [-0.1, -0.05) is 42.5 Å². The Morgan fingerprint density at radius 1 is 1.00 bits per heavy atom. The Balaban J connectivity index is 1.48. The standard InChI is InChI=1S/C32H38BN3O4/c1-19-16-20(2)35-29(37)26(19)18-34-30(38)28-22(4)36(27-15-10-9-14-25(27)28)21(3)23-12-11-13-24(17-23)33-39-31(5,6)32(7,8)40-33/h9-17,21H,18H2,1-8H3,(H,34,38)(H,35,37). The molecule has 3 heterocycles. The molecular weight excluding hydrogens is 501 g/mol. The summed E-state index contributed by atoms with van der Waals surface area (Å²) in [6.07, 6.45) is 0. The van der Waals surface area contributed by atoms with E-state index in [1.165, 1.54) is 0 Å². The number of hydrogen-bond donors (Lipinski definition) is 2. The minimum Gasteiger partial charge on any atom is -0.399 e. The third-order valence-corrected chi connectivity index (χ3v) is 8.61. The largest absolute Gasteiger partial charge is 0.494 e. The highest BCUT2D eigenvalue weighted by Gasteiger charge is 2.51. The quantitative estimate of drug-likeness (QED) is 0.334. The van der Waals surface area contributed by atoms with E-state index < -0.39 is 18.3 Å². The van der Waals surface area contributed by atoms with E-state index in [4.69, 9.17) is 9.31 Å². The van der Waals surface area contributed by atoms with E-state index in [1.54, 1.807) is 0 Å². The normalized spacial score (nSPS) is 16.9. The van der Waals surface area contributed by atoms with Gasteiger partial charge in [-0.25, -0.2) is 0 Å². The average molecular weight is 539 g/mol. The predicted molar refractivity (Wildman–Crippen MR) is 160 cm³/mol. The number of pyridine rings is 1. The highest BCUT2D eigenvalue weighted by atomic mass is 16.7. The number of amides is 1. The van der Waals surface area contributed by atoms with Crippen LogP contribution in [0.5, 0.6) is 0 Å². The molecule has 2 N–H and O–H groups in total. The number of rotatable bonds is 6. The molecule has 208 valence electrons. The molecular formula is C32H38BN3O4. The lowest BCUT2D eigenvalue weighted by Gasteiger charge is -2.32. The number of carbonyl (C=O) groups excluding carboxylic acids is 1. The molecule has 1 fully saturated rings. The Hall–Kier alpha value is -3.62. The molecule has 8 heteroatoms. The summed E-state index contributed by atoms with van der Waals surface area (Å²) < 4.78 is 14.8. The summed E-state index contributed by atoms with van der Waals surface area (Å²) in [5.41, 5.74) is 5.71. The van der Waals surface area contributed by atoms with Gasteiger partial charge in [0.15, 0.2) is 0 Å². The SMILES string of the molecule is Cc1cc(C)c(CNC(=O)c2c(C)n(C(C)c3cccc(B4OC(C)(C)C(C)(C)O4)c3)c3ccccc23)c(=O)[nH]1. The lowest BCUT2D eigenvalue weighted by Crippen LogP contribution is -2.41. The average Bonchev–Trinajstić information content (AvgIpc) is 3.30. The molecule has 0 saturated carbocycles. The lowest BCUT2D eigenvalue weighted by atomic mass is 9.78. The summed E-state index contributed by atoms with van der Waals surface area (Å²) in [6.45, 7) is 16.2. The number of benzene rings is 2. The Labute approximate surface area is 236 Å². The summed E-state index contributed by atoms with van der Waals surface area (Å²) >= 11 is 0. The van der Waals surface area contributed by atoms with E-state index >= 15 is 0 Å². The maximum absolute atomic E-state index is 13.6. The molecule has 0 radical (unpaired) electrons. The number of aromatic amines is 1. The van der Waals surface area contributed by atoms with Gasteiger partial charge in [0.1, 0.15) is 0 Å². The third kappa shape index (κ3) is 4.80. The van der Waals surface area contributed by atoms with Crippen LogP contribution in [-0.2, 0) is 15.9 Å². The van der Waals surface area contributed by atoms with Crippen LogP contribution in [0.1, 0.15) is 79.1 Å². The van der Waals surface area contributed by atoms with Crippen molar-refractivity contribution in [1.82, 2.24) is 14.9 Å². The second-order valence-electron chi connectivity index (χ2n) is 11.9. The zero-order chi connectivity index (χ0) is 29.0. The number of nitrogens with zero attached hydrogens (tertiary/aromatic N) is 1. The van der Waals surface area contributed by atoms with Crippen molar-refractivity contribution < 1.29 is 14.1 Å². The first-order valence-corrected chi connectivity index (χ1v) is 13.8. The van der Waals surface area contributed by atoms with Crippen molar-refractivity contribution in [2.75, 3.05) is 0 Å². The Kier molecular flexibility index (Phi) is 7.05. The third-order valence-electron chi connectivity index (χ3n) is 8.61. The van der Waals surface area contributed by atoms with Crippen LogP contribution in [0.2, 0.25) is 0 Å². The summed E-state index contributed by atoms with van der Waals surface area (Å²) in [7, 11) is -0.450. The molecule has 7 nitrogen and oxygen atoms in total. The molecule has 40 heavy (non-hydrogen) atoms. The first kappa shape index (κ1) is 27.9. The van der Waals surface area contributed by atoms with E-state index in [1.807, 2.05) is 63.2 Å². The topological polar surface area (TPSA) is 85.3 Å². The highest BCUT2D eigenvalue weighted by molar-refractivity contribution is 6.62. The Morgan fingerprint density at radius 2 is 1.68 bits per heavy atom. The fourth-order valence-corrected chi connectivity index (χ4v) is 5.63. The number of carbonyl (C=O) groups is 1. The van der Waals surface area contributed by atoms with Gasteiger partial charge < -0.3 is 24.2 Å². The molecule has 0 aliphatic carbocycles. The van der Waals surface area contributed by atoms with Gasteiger partial charge in [0.25, 0.3) is 11.5 Å². The van der Waals surface area contributed by atoms with Gasteiger partial charge in [0.05, 0.1) is 22.8 Å². The van der Waals surface area contributed by atoms with Crippen molar-refractivity contribution in [3.05, 3.63) is 98.6 Å². The van der Waals surface area contributed by atoms with Crippen molar-refractivity contribution in [3.63, 3.8) is 0 Å².